The van der Waals surface area contributed by atoms with Crippen molar-refractivity contribution in [1.82, 2.24) is 4.57 Å². The number of ether oxygens (including phenoxy) is 1. The fourth-order valence-corrected chi connectivity index (χ4v) is 4.04. The standard InChI is InChI=1S/C16H11ClF3NO5S/c1-21-12-4-3-10(7-14(12)25-15(21)22)27(23,24)8-9-2-5-13(11(17)6-9)26-16(18,19)20/h2-7H,8H2,1H3. The van der Waals surface area contributed by atoms with Gasteiger partial charge in [-0.15, -0.1) is 13.2 Å². The monoisotopic (exact) mass is 421 g/mol. The van der Waals surface area contributed by atoms with Crippen LogP contribution in [-0.4, -0.2) is 19.3 Å². The van der Waals surface area contributed by atoms with E-state index < -0.39 is 33.5 Å². The van der Waals surface area contributed by atoms with Crippen molar-refractivity contribution in [2.24, 2.45) is 7.05 Å². The molecule has 0 saturated carbocycles. The largest absolute Gasteiger partial charge is 0.573 e. The third-order valence-corrected chi connectivity index (χ3v) is 5.68. The summed E-state index contributed by atoms with van der Waals surface area (Å²) in [4.78, 5) is 11.4. The molecule has 0 aliphatic heterocycles. The number of fused-ring (bicyclic) bond motifs is 1. The molecule has 0 radical (unpaired) electrons. The summed E-state index contributed by atoms with van der Waals surface area (Å²) in [6, 6.07) is 7.16. The zero-order valence-corrected chi connectivity index (χ0v) is 15.2. The number of halogens is 4. The molecule has 144 valence electrons. The highest BCUT2D eigenvalue weighted by Crippen LogP contribution is 2.32. The number of aromatic nitrogens is 1. The first-order valence-electron chi connectivity index (χ1n) is 7.33. The van der Waals surface area contributed by atoms with Crippen LogP contribution in [0.1, 0.15) is 5.56 Å². The fraction of sp³-hybridized carbons (Fsp3) is 0.188. The van der Waals surface area contributed by atoms with Crippen LogP contribution < -0.4 is 10.5 Å². The highest BCUT2D eigenvalue weighted by Gasteiger charge is 2.32. The Bertz CT molecular complexity index is 1180. The molecule has 0 amide bonds. The number of sulfone groups is 1. The molecule has 6 nitrogen and oxygen atoms in total. The van der Waals surface area contributed by atoms with Crippen LogP contribution in [-0.2, 0) is 22.6 Å². The third-order valence-electron chi connectivity index (χ3n) is 3.70. The van der Waals surface area contributed by atoms with E-state index >= 15 is 0 Å². The number of aryl methyl sites for hydroxylation is 1. The van der Waals surface area contributed by atoms with Gasteiger partial charge in [-0.2, -0.15) is 0 Å². The number of hydrogen-bond donors (Lipinski definition) is 0. The SMILES string of the molecule is Cn1c(=O)oc2cc(S(=O)(=O)Cc3ccc(OC(F)(F)F)c(Cl)c3)ccc21. The second-order valence-electron chi connectivity index (χ2n) is 5.63. The maximum absolute atomic E-state index is 12.6. The van der Waals surface area contributed by atoms with E-state index in [9.17, 15) is 26.4 Å². The van der Waals surface area contributed by atoms with E-state index in [1.165, 1.54) is 35.9 Å². The van der Waals surface area contributed by atoms with Gasteiger partial charge in [0.25, 0.3) is 0 Å². The molecule has 0 bridgehead atoms. The van der Waals surface area contributed by atoms with Gasteiger partial charge in [-0.05, 0) is 29.8 Å². The minimum atomic E-state index is -4.91. The number of hydrogen-bond acceptors (Lipinski definition) is 5. The van der Waals surface area contributed by atoms with E-state index in [0.29, 0.717) is 5.52 Å². The van der Waals surface area contributed by atoms with Crippen LogP contribution in [0.25, 0.3) is 11.1 Å². The zero-order chi connectivity index (χ0) is 20.0. The van der Waals surface area contributed by atoms with Gasteiger partial charge in [0, 0.05) is 13.1 Å². The van der Waals surface area contributed by atoms with E-state index in [0.717, 1.165) is 12.1 Å². The first kappa shape index (κ1) is 19.3. The van der Waals surface area contributed by atoms with Crippen molar-refractivity contribution >= 4 is 32.5 Å². The predicted octanol–water partition coefficient (Wildman–Crippen LogP) is 3.66. The molecule has 27 heavy (non-hydrogen) atoms. The van der Waals surface area contributed by atoms with E-state index in [1.807, 2.05) is 0 Å². The lowest BCUT2D eigenvalue weighted by molar-refractivity contribution is -0.274. The average molecular weight is 422 g/mol. The molecular weight excluding hydrogens is 411 g/mol. The molecule has 0 fully saturated rings. The molecule has 0 unspecified atom stereocenters. The normalized spacial score (nSPS) is 12.5. The maximum Gasteiger partial charge on any atom is 0.573 e. The smallest absolute Gasteiger partial charge is 0.408 e. The Morgan fingerprint density at radius 2 is 1.89 bits per heavy atom. The van der Waals surface area contributed by atoms with Gasteiger partial charge in [-0.25, -0.2) is 13.2 Å². The van der Waals surface area contributed by atoms with Gasteiger partial charge in [-0.1, -0.05) is 17.7 Å². The van der Waals surface area contributed by atoms with Gasteiger partial charge in [0.15, 0.2) is 15.4 Å². The van der Waals surface area contributed by atoms with Crippen LogP contribution >= 0.6 is 11.6 Å². The number of alkyl halides is 3. The quantitative estimate of drug-likeness (QED) is 0.642. The molecule has 1 aromatic heterocycles. The molecule has 0 spiro atoms. The predicted molar refractivity (Wildman–Crippen MR) is 90.5 cm³/mol. The molecule has 11 heteroatoms. The molecule has 3 rings (SSSR count). The molecular formula is C16H11ClF3NO5S. The van der Waals surface area contributed by atoms with E-state index in [-0.39, 0.29) is 21.1 Å². The van der Waals surface area contributed by atoms with E-state index in [1.54, 1.807) is 0 Å². The van der Waals surface area contributed by atoms with E-state index in [2.05, 4.69) is 4.74 Å². The van der Waals surface area contributed by atoms with Crippen LogP contribution in [0, 0.1) is 0 Å². The summed E-state index contributed by atoms with van der Waals surface area (Å²) in [6.07, 6.45) is -4.91. The lowest BCUT2D eigenvalue weighted by atomic mass is 10.2. The summed E-state index contributed by atoms with van der Waals surface area (Å²) in [5.74, 6) is -1.77. The molecule has 0 aliphatic carbocycles. The Morgan fingerprint density at radius 1 is 1.19 bits per heavy atom. The summed E-state index contributed by atoms with van der Waals surface area (Å²) >= 11 is 5.74. The van der Waals surface area contributed by atoms with Crippen molar-refractivity contribution in [3.8, 4) is 5.75 Å². The summed E-state index contributed by atoms with van der Waals surface area (Å²) < 4.78 is 71.9. The van der Waals surface area contributed by atoms with Crippen molar-refractivity contribution in [2.45, 2.75) is 17.0 Å². The fourth-order valence-electron chi connectivity index (χ4n) is 2.45. The van der Waals surface area contributed by atoms with Crippen molar-refractivity contribution < 1.29 is 30.7 Å². The maximum atomic E-state index is 12.6. The van der Waals surface area contributed by atoms with Gasteiger partial charge in [0.1, 0.15) is 5.75 Å². The highest BCUT2D eigenvalue weighted by atomic mass is 35.5. The van der Waals surface area contributed by atoms with Crippen LogP contribution in [0.2, 0.25) is 5.02 Å². The Labute approximate surface area is 155 Å². The first-order chi connectivity index (χ1) is 12.5. The van der Waals surface area contributed by atoms with Crippen LogP contribution in [0.15, 0.2) is 50.5 Å². The topological polar surface area (TPSA) is 78.5 Å². The molecule has 0 aliphatic rings. The highest BCUT2D eigenvalue weighted by molar-refractivity contribution is 7.90. The van der Waals surface area contributed by atoms with Crippen LogP contribution in [0.3, 0.4) is 0 Å². The summed E-state index contributed by atoms with van der Waals surface area (Å²) in [5.41, 5.74) is 0.704. The van der Waals surface area contributed by atoms with Crippen LogP contribution in [0.5, 0.6) is 5.75 Å². The van der Waals surface area contributed by atoms with Gasteiger partial charge in [-0.3, -0.25) is 4.57 Å². The van der Waals surface area contributed by atoms with Crippen LogP contribution in [0.4, 0.5) is 13.2 Å². The Hall–Kier alpha value is -2.46. The van der Waals surface area contributed by atoms with Gasteiger partial charge in [0.05, 0.1) is 21.2 Å². The van der Waals surface area contributed by atoms with Crippen molar-refractivity contribution in [3.05, 3.63) is 57.5 Å². The van der Waals surface area contributed by atoms with Crippen molar-refractivity contribution in [2.75, 3.05) is 0 Å². The lowest BCUT2D eigenvalue weighted by Gasteiger charge is -2.11. The Morgan fingerprint density at radius 3 is 2.52 bits per heavy atom. The summed E-state index contributed by atoms with van der Waals surface area (Å²) in [6.45, 7) is 0. The lowest BCUT2D eigenvalue weighted by Crippen LogP contribution is -2.17. The molecule has 0 saturated heterocycles. The third kappa shape index (κ3) is 4.11. The summed E-state index contributed by atoms with van der Waals surface area (Å²) in [7, 11) is -2.39. The second-order valence-corrected chi connectivity index (χ2v) is 8.02. The number of nitrogens with zero attached hydrogens (tertiary/aromatic N) is 1. The molecule has 0 atom stereocenters. The molecule has 2 aromatic carbocycles. The molecule has 0 N–H and O–H groups in total. The first-order valence-corrected chi connectivity index (χ1v) is 9.36. The zero-order valence-electron chi connectivity index (χ0n) is 13.6. The Balaban J connectivity index is 1.90. The number of oxazole rings is 1. The Kier molecular flexibility index (Phi) is 4.73. The van der Waals surface area contributed by atoms with Crippen molar-refractivity contribution in [1.29, 1.82) is 0 Å². The van der Waals surface area contributed by atoms with Gasteiger partial charge in [0.2, 0.25) is 0 Å². The van der Waals surface area contributed by atoms with Gasteiger partial charge >= 0.3 is 12.1 Å². The summed E-state index contributed by atoms with van der Waals surface area (Å²) in [5, 5.41) is -0.371. The number of rotatable bonds is 4. The van der Waals surface area contributed by atoms with E-state index in [4.69, 9.17) is 16.0 Å². The number of benzene rings is 2. The average Bonchev–Trinajstić information content (AvgIpc) is 2.83. The second kappa shape index (κ2) is 6.61. The molecule has 1 heterocycles. The van der Waals surface area contributed by atoms with Crippen molar-refractivity contribution in [3.63, 3.8) is 0 Å². The molecule has 3 aromatic rings. The minimum Gasteiger partial charge on any atom is -0.408 e. The van der Waals surface area contributed by atoms with Gasteiger partial charge < -0.3 is 9.15 Å². The minimum absolute atomic E-state index is 0.101.